The number of rotatable bonds is 60. The van der Waals surface area contributed by atoms with E-state index >= 15 is 0 Å². The van der Waals surface area contributed by atoms with Crippen LogP contribution < -0.4 is 5.32 Å². The number of carbonyl (C=O) groups excluding carboxylic acids is 2. The van der Waals surface area contributed by atoms with Crippen molar-refractivity contribution in [2.45, 2.75) is 360 Å². The van der Waals surface area contributed by atoms with E-state index < -0.39 is 12.1 Å². The van der Waals surface area contributed by atoms with E-state index in [1.807, 2.05) is 6.08 Å². The largest absolute Gasteiger partial charge is 0.466 e. The summed E-state index contributed by atoms with van der Waals surface area (Å²) in [7, 11) is 0. The van der Waals surface area contributed by atoms with Gasteiger partial charge in [0.25, 0.3) is 0 Å². The van der Waals surface area contributed by atoms with Gasteiger partial charge in [-0.05, 0) is 64.2 Å². The summed E-state index contributed by atoms with van der Waals surface area (Å²) < 4.78 is 5.48. The van der Waals surface area contributed by atoms with Crippen molar-refractivity contribution >= 4 is 11.9 Å². The van der Waals surface area contributed by atoms with Gasteiger partial charge in [-0.3, -0.25) is 9.59 Å². The first kappa shape index (κ1) is 70.1. The van der Waals surface area contributed by atoms with E-state index in [-0.39, 0.29) is 18.5 Å². The van der Waals surface area contributed by atoms with E-state index in [1.54, 1.807) is 6.08 Å². The topological polar surface area (TPSA) is 95.9 Å². The van der Waals surface area contributed by atoms with Crippen LogP contribution in [0, 0.1) is 0 Å². The van der Waals surface area contributed by atoms with Crippen molar-refractivity contribution in [3.63, 3.8) is 0 Å². The van der Waals surface area contributed by atoms with Gasteiger partial charge in [-0.2, -0.15) is 0 Å². The fraction of sp³-hybridized carbons (Fsp3) is 0.879. The van der Waals surface area contributed by atoms with Crippen LogP contribution in [0.25, 0.3) is 0 Å². The maximum absolute atomic E-state index is 12.5. The van der Waals surface area contributed by atoms with E-state index in [0.717, 1.165) is 51.4 Å². The van der Waals surface area contributed by atoms with E-state index in [4.69, 9.17) is 4.74 Å². The summed E-state index contributed by atoms with van der Waals surface area (Å²) >= 11 is 0. The first-order valence-electron chi connectivity index (χ1n) is 32.3. The first-order chi connectivity index (χ1) is 35.5. The quantitative estimate of drug-likeness (QED) is 0.0320. The van der Waals surface area contributed by atoms with Gasteiger partial charge in [0.2, 0.25) is 5.91 Å². The Morgan fingerprint density at radius 1 is 0.389 bits per heavy atom. The predicted molar refractivity (Wildman–Crippen MR) is 315 cm³/mol. The molecule has 6 heteroatoms. The van der Waals surface area contributed by atoms with Gasteiger partial charge in [-0.15, -0.1) is 0 Å². The van der Waals surface area contributed by atoms with E-state index in [1.165, 1.54) is 270 Å². The Hall–Kier alpha value is -1.92. The van der Waals surface area contributed by atoms with Gasteiger partial charge in [0.15, 0.2) is 0 Å². The van der Waals surface area contributed by atoms with Crippen LogP contribution >= 0.6 is 0 Å². The van der Waals surface area contributed by atoms with Crippen molar-refractivity contribution in [2.75, 3.05) is 13.2 Å². The lowest BCUT2D eigenvalue weighted by Crippen LogP contribution is -2.45. The van der Waals surface area contributed by atoms with Crippen LogP contribution in [0.2, 0.25) is 0 Å². The second-order valence-corrected chi connectivity index (χ2v) is 22.1. The van der Waals surface area contributed by atoms with Crippen LogP contribution in [0.1, 0.15) is 348 Å². The van der Waals surface area contributed by atoms with Gasteiger partial charge >= 0.3 is 5.97 Å². The zero-order valence-corrected chi connectivity index (χ0v) is 48.4. The monoisotopic (exact) mass is 1010 g/mol. The Morgan fingerprint density at radius 2 is 0.694 bits per heavy atom. The molecule has 0 heterocycles. The Morgan fingerprint density at radius 3 is 1.08 bits per heavy atom. The summed E-state index contributed by atoms with van der Waals surface area (Å²) in [6, 6.07) is -0.629. The molecule has 0 aliphatic rings. The van der Waals surface area contributed by atoms with Gasteiger partial charge in [-0.25, -0.2) is 0 Å². The molecular weight excluding hydrogens is 887 g/mol. The molecular formula is C66H125NO5. The SMILES string of the molecule is CCCCC/C=C\C/C=C\CCCCCCCC(=O)OCCCCCCCCCCCCCCCCCCCCCCCCC(=O)NC(CO)C(O)/C=C/CCCCCCCCCCCCCCCCCC. The third-order valence-electron chi connectivity index (χ3n) is 14.9. The van der Waals surface area contributed by atoms with Crippen molar-refractivity contribution in [2.24, 2.45) is 0 Å². The van der Waals surface area contributed by atoms with Crippen LogP contribution in [0.15, 0.2) is 36.5 Å². The molecule has 0 aromatic heterocycles. The molecule has 0 rings (SSSR count). The van der Waals surface area contributed by atoms with Crippen LogP contribution in [-0.4, -0.2) is 47.4 Å². The lowest BCUT2D eigenvalue weighted by atomic mass is 10.0. The molecule has 0 saturated heterocycles. The molecule has 0 saturated carbocycles. The highest BCUT2D eigenvalue weighted by atomic mass is 16.5. The third-order valence-corrected chi connectivity index (χ3v) is 14.9. The summed E-state index contributed by atoms with van der Waals surface area (Å²) in [6.45, 7) is 4.89. The normalized spacial score (nSPS) is 12.8. The lowest BCUT2D eigenvalue weighted by Gasteiger charge is -2.20. The highest BCUT2D eigenvalue weighted by Crippen LogP contribution is 2.18. The van der Waals surface area contributed by atoms with Gasteiger partial charge in [0, 0.05) is 12.8 Å². The number of aliphatic hydroxyl groups excluding tert-OH is 2. The summed E-state index contributed by atoms with van der Waals surface area (Å²) in [6.07, 6.45) is 77.6. The van der Waals surface area contributed by atoms with Gasteiger partial charge < -0.3 is 20.3 Å². The second-order valence-electron chi connectivity index (χ2n) is 22.1. The summed E-state index contributed by atoms with van der Waals surface area (Å²) in [4.78, 5) is 24.5. The zero-order chi connectivity index (χ0) is 52.2. The molecule has 6 nitrogen and oxygen atoms in total. The lowest BCUT2D eigenvalue weighted by molar-refractivity contribution is -0.143. The molecule has 2 unspecified atom stereocenters. The number of hydrogen-bond acceptors (Lipinski definition) is 5. The number of amides is 1. The van der Waals surface area contributed by atoms with Crippen molar-refractivity contribution in [3.05, 3.63) is 36.5 Å². The molecule has 0 aromatic carbocycles. The minimum absolute atomic E-state index is 0.00111. The van der Waals surface area contributed by atoms with E-state index in [0.29, 0.717) is 19.4 Å². The molecule has 424 valence electrons. The number of aliphatic hydroxyl groups is 2. The Bertz CT molecular complexity index is 1170. The van der Waals surface area contributed by atoms with Gasteiger partial charge in [0.05, 0.1) is 25.4 Å². The highest BCUT2D eigenvalue weighted by molar-refractivity contribution is 5.76. The van der Waals surface area contributed by atoms with Crippen molar-refractivity contribution < 1.29 is 24.5 Å². The number of ether oxygens (including phenoxy) is 1. The van der Waals surface area contributed by atoms with Gasteiger partial charge in [0.1, 0.15) is 0 Å². The maximum atomic E-state index is 12.5. The van der Waals surface area contributed by atoms with Gasteiger partial charge in [-0.1, -0.05) is 307 Å². The molecule has 0 aromatic rings. The summed E-state index contributed by atoms with van der Waals surface area (Å²) in [5, 5.41) is 23.2. The van der Waals surface area contributed by atoms with Crippen molar-refractivity contribution in [3.8, 4) is 0 Å². The van der Waals surface area contributed by atoms with E-state index in [2.05, 4.69) is 43.5 Å². The summed E-state index contributed by atoms with van der Waals surface area (Å²) in [5.74, 6) is -0.0671. The number of nitrogens with one attached hydrogen (secondary N) is 1. The molecule has 2 atom stereocenters. The van der Waals surface area contributed by atoms with Crippen molar-refractivity contribution in [1.82, 2.24) is 5.32 Å². The third kappa shape index (κ3) is 57.4. The molecule has 0 bridgehead atoms. The highest BCUT2D eigenvalue weighted by Gasteiger charge is 2.18. The van der Waals surface area contributed by atoms with Crippen molar-refractivity contribution in [1.29, 1.82) is 0 Å². The van der Waals surface area contributed by atoms with E-state index in [9.17, 15) is 19.8 Å². The fourth-order valence-electron chi connectivity index (χ4n) is 9.96. The number of allylic oxidation sites excluding steroid dienone is 5. The molecule has 72 heavy (non-hydrogen) atoms. The molecule has 1 amide bonds. The predicted octanol–water partition coefficient (Wildman–Crippen LogP) is 20.4. The van der Waals surface area contributed by atoms with Crippen LogP contribution in [0.5, 0.6) is 0 Å². The number of hydrogen-bond donors (Lipinski definition) is 3. The first-order valence-corrected chi connectivity index (χ1v) is 32.3. The number of unbranched alkanes of at least 4 members (excludes halogenated alkanes) is 45. The second kappa shape index (κ2) is 61.6. The minimum Gasteiger partial charge on any atom is -0.466 e. The molecule has 0 aliphatic carbocycles. The molecule has 0 radical (unpaired) electrons. The molecule has 0 spiro atoms. The number of carbonyl (C=O) groups is 2. The smallest absolute Gasteiger partial charge is 0.305 e. The Kier molecular flexibility index (Phi) is 60.0. The molecule has 0 fully saturated rings. The zero-order valence-electron chi connectivity index (χ0n) is 48.4. The Balaban J connectivity index is 3.41. The van der Waals surface area contributed by atoms with Crippen LogP contribution in [-0.2, 0) is 14.3 Å². The summed E-state index contributed by atoms with van der Waals surface area (Å²) in [5.41, 5.74) is 0. The Labute approximate surface area is 449 Å². The number of esters is 1. The van der Waals surface area contributed by atoms with Crippen LogP contribution in [0.4, 0.5) is 0 Å². The average Bonchev–Trinajstić information content (AvgIpc) is 3.38. The maximum Gasteiger partial charge on any atom is 0.305 e. The molecule has 3 N–H and O–H groups in total. The minimum atomic E-state index is -0.845. The van der Waals surface area contributed by atoms with Crippen LogP contribution in [0.3, 0.4) is 0 Å². The fourth-order valence-corrected chi connectivity index (χ4v) is 9.96. The molecule has 0 aliphatic heterocycles. The standard InChI is InChI=1S/C66H125NO5/c1-3-5-7-9-11-13-15-17-19-20-27-31-34-38-42-46-50-54-58-64(69)63(62-68)67-65(70)59-55-51-47-43-39-35-32-28-25-23-21-22-24-26-29-33-37-41-45-49-53-57-61-72-66(71)60-56-52-48-44-40-36-30-18-16-14-12-10-8-6-4-2/h12,14,18,30,54,58,63-64,68-69H,3-11,13,15-17,19-29,31-53,55-57,59-62H2,1-2H3,(H,67,70)/b14-12-,30-18-,58-54+. The average molecular weight is 1010 g/mol.